The molecular weight excluding hydrogens is 412 g/mol. The van der Waals surface area contributed by atoms with Crippen LogP contribution in [0.3, 0.4) is 0 Å². The van der Waals surface area contributed by atoms with Gasteiger partial charge in [0, 0.05) is 29.4 Å². The van der Waals surface area contributed by atoms with Gasteiger partial charge in [0.25, 0.3) is 0 Å². The number of amidine groups is 1. The van der Waals surface area contributed by atoms with Crippen LogP contribution in [0.25, 0.3) is 5.69 Å². The summed E-state index contributed by atoms with van der Waals surface area (Å²) in [5.41, 5.74) is 9.10. The van der Waals surface area contributed by atoms with E-state index in [1.54, 1.807) is 0 Å². The van der Waals surface area contributed by atoms with Crippen molar-refractivity contribution < 1.29 is 0 Å². The number of aliphatic imine (C=N–C) groups is 1. The summed E-state index contributed by atoms with van der Waals surface area (Å²) in [6.45, 7) is 11.3. The van der Waals surface area contributed by atoms with E-state index >= 15 is 0 Å². The van der Waals surface area contributed by atoms with E-state index in [1.807, 2.05) is 24.0 Å². The van der Waals surface area contributed by atoms with E-state index in [9.17, 15) is 0 Å². The maximum absolute atomic E-state index is 5.21. The predicted molar refractivity (Wildman–Crippen MR) is 135 cm³/mol. The number of benzene rings is 1. The highest BCUT2D eigenvalue weighted by Crippen LogP contribution is 2.50. The van der Waals surface area contributed by atoms with E-state index in [1.165, 1.54) is 38.9 Å². The topological polar surface area (TPSA) is 33.4 Å². The summed E-state index contributed by atoms with van der Waals surface area (Å²) < 4.78 is 2.47. The Morgan fingerprint density at radius 2 is 1.91 bits per heavy atom. The van der Waals surface area contributed by atoms with Crippen LogP contribution in [0.1, 0.15) is 66.1 Å². The number of fused-ring (bicyclic) bond motifs is 1. The Balaban J connectivity index is 1.67. The molecule has 4 nitrogen and oxygen atoms in total. The lowest BCUT2D eigenvalue weighted by molar-refractivity contribution is 0.254. The highest BCUT2D eigenvalue weighted by atomic mass is 32.2. The van der Waals surface area contributed by atoms with Gasteiger partial charge in [-0.05, 0) is 68.5 Å². The van der Waals surface area contributed by atoms with Gasteiger partial charge in [0.15, 0.2) is 5.17 Å². The van der Waals surface area contributed by atoms with Gasteiger partial charge < -0.3 is 9.47 Å². The molecular formula is C27H32N4S. The molecule has 0 radical (unpaired) electrons. The molecule has 0 spiro atoms. The Hall–Kier alpha value is -2.53. The first-order chi connectivity index (χ1) is 15.5. The van der Waals surface area contributed by atoms with Gasteiger partial charge in [-0.15, -0.1) is 0 Å². The minimum Gasteiger partial charge on any atom is -0.338 e. The van der Waals surface area contributed by atoms with Gasteiger partial charge in [-0.25, -0.2) is 0 Å². The van der Waals surface area contributed by atoms with Gasteiger partial charge in [0.2, 0.25) is 0 Å². The van der Waals surface area contributed by atoms with Crippen molar-refractivity contribution in [1.29, 1.82) is 0 Å². The van der Waals surface area contributed by atoms with Crippen LogP contribution in [0.15, 0.2) is 53.7 Å². The quantitative estimate of drug-likeness (QED) is 0.460. The molecule has 0 amide bonds. The zero-order valence-electron chi connectivity index (χ0n) is 19.7. The molecule has 0 N–H and O–H groups in total. The van der Waals surface area contributed by atoms with Crippen LogP contribution >= 0.6 is 11.8 Å². The van der Waals surface area contributed by atoms with Gasteiger partial charge in [-0.2, -0.15) is 0 Å². The largest absolute Gasteiger partial charge is 0.338 e. The molecule has 0 bridgehead atoms. The average molecular weight is 445 g/mol. The first kappa shape index (κ1) is 21.3. The molecule has 2 aliphatic rings. The highest BCUT2D eigenvalue weighted by Gasteiger charge is 2.46. The normalized spacial score (nSPS) is 22.3. The van der Waals surface area contributed by atoms with E-state index in [4.69, 9.17) is 9.98 Å². The number of aromatic nitrogens is 2. The zero-order valence-corrected chi connectivity index (χ0v) is 20.5. The molecule has 1 saturated heterocycles. The Morgan fingerprint density at radius 1 is 1.06 bits per heavy atom. The van der Waals surface area contributed by atoms with Crippen molar-refractivity contribution in [2.45, 2.75) is 65.6 Å². The van der Waals surface area contributed by atoms with Crippen LogP contribution in [0.4, 0.5) is 0 Å². The molecule has 3 atom stereocenters. The number of hydrogen-bond donors (Lipinski definition) is 0. The van der Waals surface area contributed by atoms with Gasteiger partial charge in [-0.3, -0.25) is 9.98 Å². The summed E-state index contributed by atoms with van der Waals surface area (Å²) in [5, 5.41) is 1.19. The molecule has 5 rings (SSSR count). The fourth-order valence-electron chi connectivity index (χ4n) is 5.44. The molecule has 32 heavy (non-hydrogen) atoms. The predicted octanol–water partition coefficient (Wildman–Crippen LogP) is 6.34. The van der Waals surface area contributed by atoms with Crippen LogP contribution in [0.2, 0.25) is 0 Å². The third-order valence-electron chi connectivity index (χ3n) is 7.04. The second-order valence-electron chi connectivity index (χ2n) is 8.93. The molecule has 5 heteroatoms. The third-order valence-corrected chi connectivity index (χ3v) is 8.17. The number of aryl methyl sites for hydroxylation is 3. The number of para-hydroxylation sites is 1. The Kier molecular flexibility index (Phi) is 5.62. The van der Waals surface area contributed by atoms with E-state index in [0.717, 1.165) is 24.3 Å². The number of nitrogens with zero attached hydrogens (tertiary/aromatic N) is 4. The molecule has 1 fully saturated rings. The zero-order chi connectivity index (χ0) is 22.4. The highest BCUT2D eigenvalue weighted by molar-refractivity contribution is 8.14. The minimum absolute atomic E-state index is 0.0320. The van der Waals surface area contributed by atoms with Crippen molar-refractivity contribution in [1.82, 2.24) is 14.5 Å². The Bertz CT molecular complexity index is 1160. The molecule has 1 aromatic carbocycles. The van der Waals surface area contributed by atoms with Crippen molar-refractivity contribution in [2.24, 2.45) is 4.99 Å². The van der Waals surface area contributed by atoms with E-state index < -0.39 is 0 Å². The van der Waals surface area contributed by atoms with Crippen LogP contribution in [0.5, 0.6) is 0 Å². The second-order valence-corrected chi connectivity index (χ2v) is 9.92. The molecule has 2 aromatic heterocycles. The van der Waals surface area contributed by atoms with E-state index in [-0.39, 0.29) is 12.1 Å². The van der Waals surface area contributed by atoms with Gasteiger partial charge >= 0.3 is 0 Å². The molecule has 0 saturated carbocycles. The fourth-order valence-corrected chi connectivity index (χ4v) is 6.78. The van der Waals surface area contributed by atoms with Gasteiger partial charge in [-0.1, -0.05) is 49.9 Å². The first-order valence-electron chi connectivity index (χ1n) is 11.7. The maximum atomic E-state index is 5.21. The SMILES string of the molecule is CCc1cccc(C)c1-n1c(C)cc([C@@H]2[C@@H](c3ccccn3)N=C3SC[C@@H](CC)N32)c1C. The maximum Gasteiger partial charge on any atom is 0.160 e. The van der Waals surface area contributed by atoms with Crippen molar-refractivity contribution in [3.63, 3.8) is 0 Å². The van der Waals surface area contributed by atoms with Crippen molar-refractivity contribution in [2.75, 3.05) is 5.75 Å². The molecule has 0 aliphatic carbocycles. The van der Waals surface area contributed by atoms with Crippen LogP contribution < -0.4 is 0 Å². The summed E-state index contributed by atoms with van der Waals surface area (Å²) in [4.78, 5) is 12.5. The van der Waals surface area contributed by atoms with Crippen molar-refractivity contribution in [3.8, 4) is 5.69 Å². The summed E-state index contributed by atoms with van der Waals surface area (Å²) in [5.74, 6) is 1.12. The fraction of sp³-hybridized carbons (Fsp3) is 0.407. The average Bonchev–Trinajstić information content (AvgIpc) is 3.46. The standard InChI is InChI=1S/C27H32N4S/c1-6-20-12-10-11-17(3)25(20)30-18(4)15-22(19(30)5)26-24(23-13-8-9-14-28-23)29-27-31(26)21(7-2)16-32-27/h8-15,21,24,26H,6-7,16H2,1-5H3/t21-,24-,26-/m1/s1. The van der Waals surface area contributed by atoms with E-state index in [0.29, 0.717) is 6.04 Å². The van der Waals surface area contributed by atoms with E-state index in [2.05, 4.69) is 80.5 Å². The number of pyridine rings is 1. The molecule has 2 aliphatic heterocycles. The molecule has 4 heterocycles. The Morgan fingerprint density at radius 3 is 2.62 bits per heavy atom. The third kappa shape index (κ3) is 3.29. The molecule has 0 unspecified atom stereocenters. The molecule has 166 valence electrons. The lowest BCUT2D eigenvalue weighted by Gasteiger charge is -2.32. The van der Waals surface area contributed by atoms with Crippen molar-refractivity contribution >= 4 is 16.9 Å². The summed E-state index contributed by atoms with van der Waals surface area (Å²) in [6.07, 6.45) is 4.05. The summed E-state index contributed by atoms with van der Waals surface area (Å²) in [6, 6.07) is 16.0. The van der Waals surface area contributed by atoms with Gasteiger partial charge in [0.1, 0.15) is 6.04 Å². The number of hydrogen-bond acceptors (Lipinski definition) is 4. The van der Waals surface area contributed by atoms with Crippen LogP contribution in [0, 0.1) is 20.8 Å². The van der Waals surface area contributed by atoms with Crippen LogP contribution in [-0.2, 0) is 6.42 Å². The monoisotopic (exact) mass is 444 g/mol. The van der Waals surface area contributed by atoms with Gasteiger partial charge in [0.05, 0.1) is 17.4 Å². The summed E-state index contributed by atoms with van der Waals surface area (Å²) in [7, 11) is 0. The Labute approximate surface area is 195 Å². The summed E-state index contributed by atoms with van der Waals surface area (Å²) >= 11 is 1.91. The lowest BCUT2D eigenvalue weighted by Crippen LogP contribution is -2.35. The lowest BCUT2D eigenvalue weighted by atomic mass is 9.95. The van der Waals surface area contributed by atoms with Crippen LogP contribution in [-0.4, -0.2) is 31.4 Å². The number of thioether (sulfide) groups is 1. The second kappa shape index (κ2) is 8.43. The molecule has 3 aromatic rings. The first-order valence-corrected chi connectivity index (χ1v) is 12.7. The smallest absolute Gasteiger partial charge is 0.160 e. The number of rotatable bonds is 5. The minimum atomic E-state index is 0.0320. The van der Waals surface area contributed by atoms with Crippen molar-refractivity contribution in [3.05, 3.63) is 82.4 Å².